The van der Waals surface area contributed by atoms with Crippen LogP contribution in [0.1, 0.15) is 0 Å². The van der Waals surface area contributed by atoms with Crippen LogP contribution in [0.25, 0.3) is 0 Å². The number of hydrogen-bond donors (Lipinski definition) is 2. The second-order valence-electron chi connectivity index (χ2n) is 2.94. The first kappa shape index (κ1) is 12.0. The van der Waals surface area contributed by atoms with Gasteiger partial charge >= 0.3 is 11.8 Å². The molecule has 0 radical (unpaired) electrons. The van der Waals surface area contributed by atoms with Crippen LogP contribution in [0.4, 0.5) is 0 Å². The fourth-order valence-corrected chi connectivity index (χ4v) is 1.71. The van der Waals surface area contributed by atoms with Crippen molar-refractivity contribution in [3.8, 4) is 0 Å². The van der Waals surface area contributed by atoms with Gasteiger partial charge in [0.15, 0.2) is 5.17 Å². The number of hydrogen-bond acceptors (Lipinski definition) is 5. The van der Waals surface area contributed by atoms with E-state index in [0.717, 1.165) is 10.7 Å². The number of rotatable bonds is 2. The van der Waals surface area contributed by atoms with Crippen molar-refractivity contribution in [2.75, 3.05) is 32.5 Å². The average Bonchev–Trinajstić information content (AvgIpc) is 2.69. The second kappa shape index (κ2) is 5.72. The van der Waals surface area contributed by atoms with Gasteiger partial charge in [0.1, 0.15) is 0 Å². The Morgan fingerprint density at radius 1 is 1.67 bits per heavy atom. The molecule has 0 spiro atoms. The highest BCUT2D eigenvalue weighted by molar-refractivity contribution is 8.14. The Bertz CT molecular complexity index is 293. The molecule has 2 amide bonds. The number of amides is 2. The zero-order valence-corrected chi connectivity index (χ0v) is 9.21. The van der Waals surface area contributed by atoms with E-state index in [1.54, 1.807) is 0 Å². The molecule has 84 valence electrons. The lowest BCUT2D eigenvalue weighted by molar-refractivity contribution is -0.144. The molecule has 0 atom stereocenters. The van der Waals surface area contributed by atoms with Crippen LogP contribution < -0.4 is 5.32 Å². The first-order chi connectivity index (χ1) is 7.15. The maximum Gasteiger partial charge on any atom is 0.315 e. The molecule has 1 rings (SSSR count). The molecule has 0 fully saturated rings. The van der Waals surface area contributed by atoms with Gasteiger partial charge in [0.05, 0.1) is 13.2 Å². The van der Waals surface area contributed by atoms with Gasteiger partial charge in [0, 0.05) is 19.3 Å². The number of aliphatic hydroxyl groups is 1. The van der Waals surface area contributed by atoms with Crippen LogP contribution in [-0.4, -0.2) is 59.5 Å². The van der Waals surface area contributed by atoms with E-state index in [9.17, 15) is 9.59 Å². The van der Waals surface area contributed by atoms with E-state index in [4.69, 9.17) is 5.11 Å². The summed E-state index contributed by atoms with van der Waals surface area (Å²) >= 11 is 1.41. The van der Waals surface area contributed by atoms with Gasteiger partial charge in [-0.3, -0.25) is 19.9 Å². The number of aliphatic imine (C=N–C) groups is 1. The van der Waals surface area contributed by atoms with E-state index in [1.165, 1.54) is 18.8 Å². The molecule has 0 aliphatic carbocycles. The molecule has 0 saturated heterocycles. The normalized spacial score (nSPS) is 14.7. The molecule has 0 saturated carbocycles. The molecule has 1 aliphatic heterocycles. The molecular formula is C8H13N3O3S. The van der Waals surface area contributed by atoms with Gasteiger partial charge < -0.3 is 10.0 Å². The van der Waals surface area contributed by atoms with Gasteiger partial charge in [0.2, 0.25) is 0 Å². The van der Waals surface area contributed by atoms with E-state index >= 15 is 0 Å². The minimum absolute atomic E-state index is 0.145. The Hall–Kier alpha value is -1.08. The summed E-state index contributed by atoms with van der Waals surface area (Å²) in [5, 5.41) is 11.5. The zero-order valence-electron chi connectivity index (χ0n) is 8.39. The Morgan fingerprint density at radius 3 is 2.93 bits per heavy atom. The van der Waals surface area contributed by atoms with Gasteiger partial charge in [-0.1, -0.05) is 11.8 Å². The van der Waals surface area contributed by atoms with Crippen molar-refractivity contribution in [2.45, 2.75) is 0 Å². The van der Waals surface area contributed by atoms with Crippen molar-refractivity contribution in [2.24, 2.45) is 4.99 Å². The number of likely N-dealkylation sites (N-methyl/N-ethyl adjacent to an activating group) is 1. The summed E-state index contributed by atoms with van der Waals surface area (Å²) in [6.07, 6.45) is 0. The molecule has 0 aromatic carbocycles. The highest BCUT2D eigenvalue weighted by Crippen LogP contribution is 2.08. The lowest BCUT2D eigenvalue weighted by Gasteiger charge is -2.14. The summed E-state index contributed by atoms with van der Waals surface area (Å²) in [7, 11) is 1.46. The predicted octanol–water partition coefficient (Wildman–Crippen LogP) is -1.34. The summed E-state index contributed by atoms with van der Waals surface area (Å²) < 4.78 is 0. The largest absolute Gasteiger partial charge is 0.395 e. The number of amidine groups is 1. The molecular weight excluding hydrogens is 218 g/mol. The van der Waals surface area contributed by atoms with Crippen LogP contribution in [0.5, 0.6) is 0 Å². The van der Waals surface area contributed by atoms with Crippen molar-refractivity contribution < 1.29 is 14.7 Å². The Morgan fingerprint density at radius 2 is 2.40 bits per heavy atom. The number of nitrogens with one attached hydrogen (secondary N) is 1. The first-order valence-electron chi connectivity index (χ1n) is 4.49. The lowest BCUT2D eigenvalue weighted by atomic mass is 10.4. The summed E-state index contributed by atoms with van der Waals surface area (Å²) in [5.74, 6) is -0.547. The standard InChI is InChI=1S/C8H13N3O3S/c1-11(3-4-12)7(14)6(13)10-8-9-2-5-15-8/h12H,2-5H2,1H3,(H,9,10,13). The van der Waals surface area contributed by atoms with Gasteiger partial charge in [0.25, 0.3) is 0 Å². The molecule has 0 aromatic heterocycles. The zero-order chi connectivity index (χ0) is 11.3. The average molecular weight is 231 g/mol. The summed E-state index contributed by atoms with van der Waals surface area (Å²) in [4.78, 5) is 27.8. The minimum atomic E-state index is -0.709. The van der Waals surface area contributed by atoms with Crippen molar-refractivity contribution in [1.82, 2.24) is 10.2 Å². The molecule has 2 N–H and O–H groups in total. The quantitative estimate of drug-likeness (QED) is 0.576. The Kier molecular flexibility index (Phi) is 4.57. The van der Waals surface area contributed by atoms with Crippen LogP contribution in [-0.2, 0) is 9.59 Å². The van der Waals surface area contributed by atoms with Crippen molar-refractivity contribution >= 4 is 28.7 Å². The first-order valence-corrected chi connectivity index (χ1v) is 5.48. The minimum Gasteiger partial charge on any atom is -0.395 e. The number of nitrogens with zero attached hydrogens (tertiary/aromatic N) is 2. The van der Waals surface area contributed by atoms with E-state index in [-0.39, 0.29) is 13.2 Å². The van der Waals surface area contributed by atoms with Crippen LogP contribution >= 0.6 is 11.8 Å². The fraction of sp³-hybridized carbons (Fsp3) is 0.625. The Labute approximate surface area is 91.7 Å². The van der Waals surface area contributed by atoms with Gasteiger partial charge in [-0.25, -0.2) is 0 Å². The van der Waals surface area contributed by atoms with Crippen LogP contribution in [0, 0.1) is 0 Å². The molecule has 1 aliphatic rings. The summed E-state index contributed by atoms with van der Waals surface area (Å²) in [6, 6.07) is 0. The lowest BCUT2D eigenvalue weighted by Crippen LogP contribution is -2.43. The second-order valence-corrected chi connectivity index (χ2v) is 4.02. The van der Waals surface area contributed by atoms with Crippen molar-refractivity contribution in [3.05, 3.63) is 0 Å². The molecule has 1 heterocycles. The smallest absolute Gasteiger partial charge is 0.315 e. The summed E-state index contributed by atoms with van der Waals surface area (Å²) in [5.41, 5.74) is 0. The number of carbonyl (C=O) groups excluding carboxylic acids is 2. The van der Waals surface area contributed by atoms with Gasteiger partial charge in [-0.2, -0.15) is 0 Å². The Balaban J connectivity index is 2.42. The third-order valence-corrected chi connectivity index (χ3v) is 2.67. The molecule has 0 bridgehead atoms. The highest BCUT2D eigenvalue weighted by atomic mass is 32.2. The van der Waals surface area contributed by atoms with Crippen LogP contribution in [0.15, 0.2) is 4.99 Å². The third kappa shape index (κ3) is 3.52. The predicted molar refractivity (Wildman–Crippen MR) is 57.6 cm³/mol. The van der Waals surface area contributed by atoms with Crippen molar-refractivity contribution in [3.63, 3.8) is 0 Å². The number of aliphatic hydroxyl groups excluding tert-OH is 1. The SMILES string of the molecule is CN(CCO)C(=O)C(=O)NC1=NCCS1. The molecule has 0 aromatic rings. The van der Waals surface area contributed by atoms with E-state index in [2.05, 4.69) is 10.3 Å². The molecule has 15 heavy (non-hydrogen) atoms. The van der Waals surface area contributed by atoms with Gasteiger partial charge in [-0.05, 0) is 0 Å². The summed E-state index contributed by atoms with van der Waals surface area (Å²) in [6.45, 7) is 0.651. The van der Waals surface area contributed by atoms with E-state index < -0.39 is 11.8 Å². The van der Waals surface area contributed by atoms with E-state index in [0.29, 0.717) is 11.7 Å². The molecule has 7 heteroatoms. The maximum atomic E-state index is 11.4. The number of thioether (sulfide) groups is 1. The molecule has 0 unspecified atom stereocenters. The van der Waals surface area contributed by atoms with Gasteiger partial charge in [-0.15, -0.1) is 0 Å². The maximum absolute atomic E-state index is 11.4. The third-order valence-electron chi connectivity index (χ3n) is 1.78. The topological polar surface area (TPSA) is 82.0 Å². The highest BCUT2D eigenvalue weighted by Gasteiger charge is 2.20. The van der Waals surface area contributed by atoms with E-state index in [1.807, 2.05) is 0 Å². The number of carbonyl (C=O) groups is 2. The van der Waals surface area contributed by atoms with Crippen LogP contribution in [0.2, 0.25) is 0 Å². The van der Waals surface area contributed by atoms with Crippen LogP contribution in [0.3, 0.4) is 0 Å². The monoisotopic (exact) mass is 231 g/mol. The fourth-order valence-electron chi connectivity index (χ4n) is 0.986. The van der Waals surface area contributed by atoms with Crippen molar-refractivity contribution in [1.29, 1.82) is 0 Å². The molecule has 6 nitrogen and oxygen atoms in total.